The first-order valence-electron chi connectivity index (χ1n) is 5.67. The molecule has 1 unspecified atom stereocenters. The number of hydrogen-bond donors (Lipinski definition) is 1. The third-order valence-electron chi connectivity index (χ3n) is 2.43. The highest BCUT2D eigenvalue weighted by Crippen LogP contribution is 2.19. The zero-order chi connectivity index (χ0) is 12.0. The molecule has 2 nitrogen and oxygen atoms in total. The molecule has 1 aromatic rings. The van der Waals surface area contributed by atoms with Gasteiger partial charge < -0.3 is 9.84 Å². The number of aryl methyl sites for hydroxylation is 1. The molecule has 16 heavy (non-hydrogen) atoms. The standard InChI is InChI=1S/C13H19FO2/c1-10-6-5-8-12(13(10)14)16-9-4-3-7-11(2)15/h5-6,8,11,15H,3-4,7,9H2,1-2H3. The van der Waals surface area contributed by atoms with Crippen LogP contribution in [0.2, 0.25) is 0 Å². The van der Waals surface area contributed by atoms with E-state index in [0.29, 0.717) is 17.9 Å². The first-order chi connectivity index (χ1) is 7.61. The fourth-order valence-corrected chi connectivity index (χ4v) is 1.46. The molecule has 0 bridgehead atoms. The van der Waals surface area contributed by atoms with Gasteiger partial charge in [-0.25, -0.2) is 4.39 Å². The van der Waals surface area contributed by atoms with E-state index in [1.54, 1.807) is 32.0 Å². The molecule has 0 amide bonds. The minimum atomic E-state index is -0.280. The number of halogens is 1. The summed E-state index contributed by atoms with van der Waals surface area (Å²) < 4.78 is 18.8. The highest BCUT2D eigenvalue weighted by molar-refractivity contribution is 5.29. The molecule has 0 fully saturated rings. The molecule has 0 radical (unpaired) electrons. The fourth-order valence-electron chi connectivity index (χ4n) is 1.46. The van der Waals surface area contributed by atoms with E-state index in [0.717, 1.165) is 19.3 Å². The van der Waals surface area contributed by atoms with Crippen molar-refractivity contribution in [3.8, 4) is 5.75 Å². The zero-order valence-corrected chi connectivity index (χ0v) is 9.87. The molecule has 1 N–H and O–H groups in total. The van der Waals surface area contributed by atoms with Gasteiger partial charge in [-0.1, -0.05) is 12.1 Å². The second-order valence-corrected chi connectivity index (χ2v) is 4.08. The van der Waals surface area contributed by atoms with E-state index in [1.165, 1.54) is 0 Å². The lowest BCUT2D eigenvalue weighted by Crippen LogP contribution is -2.03. The molecule has 0 aromatic heterocycles. The van der Waals surface area contributed by atoms with Crippen molar-refractivity contribution >= 4 is 0 Å². The first-order valence-corrected chi connectivity index (χ1v) is 5.67. The van der Waals surface area contributed by atoms with Gasteiger partial charge in [0.15, 0.2) is 11.6 Å². The van der Waals surface area contributed by atoms with Gasteiger partial charge in [-0.3, -0.25) is 0 Å². The Morgan fingerprint density at radius 3 is 2.81 bits per heavy atom. The smallest absolute Gasteiger partial charge is 0.167 e. The number of ether oxygens (including phenoxy) is 1. The van der Waals surface area contributed by atoms with E-state index in [1.807, 2.05) is 0 Å². The van der Waals surface area contributed by atoms with E-state index < -0.39 is 0 Å². The number of aliphatic hydroxyl groups is 1. The Hall–Kier alpha value is -1.09. The maximum absolute atomic E-state index is 13.5. The van der Waals surface area contributed by atoms with E-state index in [2.05, 4.69) is 0 Å². The van der Waals surface area contributed by atoms with Crippen molar-refractivity contribution in [2.45, 2.75) is 39.2 Å². The molecule has 1 rings (SSSR count). The van der Waals surface area contributed by atoms with Crippen molar-refractivity contribution < 1.29 is 14.2 Å². The summed E-state index contributed by atoms with van der Waals surface area (Å²) in [4.78, 5) is 0. The average molecular weight is 226 g/mol. The van der Waals surface area contributed by atoms with Gasteiger partial charge in [-0.2, -0.15) is 0 Å². The van der Waals surface area contributed by atoms with Gasteiger partial charge in [0.2, 0.25) is 0 Å². The summed E-state index contributed by atoms with van der Waals surface area (Å²) in [5.41, 5.74) is 0.599. The normalized spacial score (nSPS) is 12.5. The van der Waals surface area contributed by atoms with Crippen LogP contribution in [0.5, 0.6) is 5.75 Å². The quantitative estimate of drug-likeness (QED) is 0.755. The van der Waals surface area contributed by atoms with Crippen LogP contribution in [0, 0.1) is 12.7 Å². The molecule has 0 aliphatic heterocycles. The summed E-state index contributed by atoms with van der Waals surface area (Å²) in [7, 11) is 0. The highest BCUT2D eigenvalue weighted by Gasteiger charge is 2.05. The summed E-state index contributed by atoms with van der Waals surface area (Å²) in [6.07, 6.45) is 2.22. The van der Waals surface area contributed by atoms with Gasteiger partial charge in [-0.15, -0.1) is 0 Å². The number of hydrogen-bond acceptors (Lipinski definition) is 2. The van der Waals surface area contributed by atoms with E-state index in [9.17, 15) is 4.39 Å². The number of rotatable bonds is 6. The average Bonchev–Trinajstić information content (AvgIpc) is 2.23. The van der Waals surface area contributed by atoms with Crippen LogP contribution in [0.25, 0.3) is 0 Å². The Kier molecular flexibility index (Phi) is 5.26. The van der Waals surface area contributed by atoms with Gasteiger partial charge in [0, 0.05) is 0 Å². The van der Waals surface area contributed by atoms with E-state index in [-0.39, 0.29) is 11.9 Å². The van der Waals surface area contributed by atoms with Crippen molar-refractivity contribution in [2.75, 3.05) is 6.61 Å². The van der Waals surface area contributed by atoms with Crippen LogP contribution in [-0.4, -0.2) is 17.8 Å². The number of aliphatic hydroxyl groups excluding tert-OH is 1. The topological polar surface area (TPSA) is 29.5 Å². The van der Waals surface area contributed by atoms with Crippen molar-refractivity contribution in [2.24, 2.45) is 0 Å². The van der Waals surface area contributed by atoms with Crippen molar-refractivity contribution in [3.63, 3.8) is 0 Å². The summed E-state index contributed by atoms with van der Waals surface area (Å²) in [5, 5.41) is 9.05. The lowest BCUT2D eigenvalue weighted by Gasteiger charge is -2.08. The number of unbranched alkanes of at least 4 members (excludes halogenated alkanes) is 1. The Balaban J connectivity index is 2.29. The van der Waals surface area contributed by atoms with Crippen LogP contribution in [0.4, 0.5) is 4.39 Å². The van der Waals surface area contributed by atoms with Crippen LogP contribution in [0.1, 0.15) is 31.7 Å². The molecule has 90 valence electrons. The molecule has 1 atom stereocenters. The zero-order valence-electron chi connectivity index (χ0n) is 9.87. The third-order valence-corrected chi connectivity index (χ3v) is 2.43. The summed E-state index contributed by atoms with van der Waals surface area (Å²) in [5.74, 6) is 0.0371. The second kappa shape index (κ2) is 6.48. The molecule has 3 heteroatoms. The van der Waals surface area contributed by atoms with Gasteiger partial charge in [0.1, 0.15) is 0 Å². The SMILES string of the molecule is Cc1cccc(OCCCCC(C)O)c1F. The molecule has 0 saturated heterocycles. The van der Waals surface area contributed by atoms with Crippen LogP contribution < -0.4 is 4.74 Å². The summed E-state index contributed by atoms with van der Waals surface area (Å²) in [6, 6.07) is 5.14. The molecular weight excluding hydrogens is 207 g/mol. The lowest BCUT2D eigenvalue weighted by atomic mass is 10.2. The van der Waals surface area contributed by atoms with Crippen molar-refractivity contribution in [3.05, 3.63) is 29.6 Å². The Morgan fingerprint density at radius 2 is 2.12 bits per heavy atom. The largest absolute Gasteiger partial charge is 0.491 e. The maximum atomic E-state index is 13.5. The Labute approximate surface area is 96.1 Å². The Morgan fingerprint density at radius 1 is 1.38 bits per heavy atom. The highest BCUT2D eigenvalue weighted by atomic mass is 19.1. The molecule has 0 aliphatic rings. The molecule has 1 aromatic carbocycles. The predicted molar refractivity (Wildman–Crippen MR) is 62.2 cm³/mol. The molecule has 0 spiro atoms. The molecule has 0 saturated carbocycles. The molecular formula is C13H19FO2. The fraction of sp³-hybridized carbons (Fsp3) is 0.538. The molecule has 0 aliphatic carbocycles. The molecule has 0 heterocycles. The van der Waals surface area contributed by atoms with Crippen molar-refractivity contribution in [1.82, 2.24) is 0 Å². The predicted octanol–water partition coefficient (Wildman–Crippen LogP) is 3.06. The van der Waals surface area contributed by atoms with Gasteiger partial charge in [0.25, 0.3) is 0 Å². The summed E-state index contributed by atoms with van der Waals surface area (Å²) in [6.45, 7) is 3.98. The number of benzene rings is 1. The second-order valence-electron chi connectivity index (χ2n) is 4.08. The third kappa shape index (κ3) is 4.19. The minimum absolute atomic E-state index is 0.268. The van der Waals surface area contributed by atoms with Crippen LogP contribution in [0.15, 0.2) is 18.2 Å². The summed E-state index contributed by atoms with van der Waals surface area (Å²) >= 11 is 0. The van der Waals surface area contributed by atoms with Crippen LogP contribution >= 0.6 is 0 Å². The van der Waals surface area contributed by atoms with E-state index in [4.69, 9.17) is 9.84 Å². The first kappa shape index (κ1) is 13.0. The van der Waals surface area contributed by atoms with Gasteiger partial charge in [0.05, 0.1) is 12.7 Å². The van der Waals surface area contributed by atoms with Crippen LogP contribution in [0.3, 0.4) is 0 Å². The van der Waals surface area contributed by atoms with Gasteiger partial charge in [-0.05, 0) is 44.7 Å². The minimum Gasteiger partial charge on any atom is -0.491 e. The monoisotopic (exact) mass is 226 g/mol. The Bertz CT molecular complexity index is 324. The maximum Gasteiger partial charge on any atom is 0.167 e. The van der Waals surface area contributed by atoms with E-state index >= 15 is 0 Å². The van der Waals surface area contributed by atoms with Crippen LogP contribution in [-0.2, 0) is 0 Å². The lowest BCUT2D eigenvalue weighted by molar-refractivity contribution is 0.176. The van der Waals surface area contributed by atoms with Gasteiger partial charge >= 0.3 is 0 Å². The van der Waals surface area contributed by atoms with Crippen molar-refractivity contribution in [1.29, 1.82) is 0 Å².